The smallest absolute Gasteiger partial charge is 0.327 e. The fourth-order valence-electron chi connectivity index (χ4n) is 4.43. The first kappa shape index (κ1) is 23.8. The minimum atomic E-state index is -0.719. The summed E-state index contributed by atoms with van der Waals surface area (Å²) < 4.78 is 6.30. The van der Waals surface area contributed by atoms with Crippen LogP contribution >= 0.6 is 0 Å². The first-order valence-corrected chi connectivity index (χ1v) is 11.6. The summed E-state index contributed by atoms with van der Waals surface area (Å²) in [6.07, 6.45) is 2.21. The third-order valence-corrected chi connectivity index (χ3v) is 6.62. The van der Waals surface area contributed by atoms with Crippen LogP contribution in [0.2, 0.25) is 0 Å². The first-order chi connectivity index (χ1) is 15.4. The number of aryl methyl sites for hydroxylation is 1. The van der Waals surface area contributed by atoms with E-state index >= 15 is 0 Å². The molecular weight excluding hydrogens is 402 g/mol. The Hall–Kier alpha value is -2.86. The van der Waals surface area contributed by atoms with Gasteiger partial charge in [-0.1, -0.05) is 75.2 Å². The van der Waals surface area contributed by atoms with Crippen LogP contribution in [-0.2, 0) is 11.3 Å². The number of β-lactam (4-membered cyclic amide) rings is 1. The molecule has 1 fully saturated rings. The number of hydrogen-bond acceptors (Lipinski definition) is 4. The van der Waals surface area contributed by atoms with Crippen molar-refractivity contribution < 1.29 is 14.3 Å². The third kappa shape index (κ3) is 4.37. The van der Waals surface area contributed by atoms with Crippen LogP contribution in [0.15, 0.2) is 48.5 Å². The highest BCUT2D eigenvalue weighted by Crippen LogP contribution is 2.46. The Morgan fingerprint density at radius 3 is 2.38 bits per heavy atom. The largest absolute Gasteiger partial charge is 0.468 e. The second-order valence-electron chi connectivity index (χ2n) is 8.52. The number of nitrogens with two attached hydrogens (primary N) is 1. The lowest BCUT2D eigenvalue weighted by molar-refractivity contribution is -0.191. The molecule has 3 N–H and O–H groups in total. The summed E-state index contributed by atoms with van der Waals surface area (Å²) in [7, 11) is 0. The molecule has 32 heavy (non-hydrogen) atoms. The number of rotatable bonds is 9. The summed E-state index contributed by atoms with van der Waals surface area (Å²) in [5.41, 5.74) is 8.19. The molecule has 1 aliphatic rings. The van der Waals surface area contributed by atoms with Gasteiger partial charge in [-0.15, -0.1) is 0 Å². The normalized spacial score (nSPS) is 18.1. The topological polar surface area (TPSA) is 84.7 Å². The average Bonchev–Trinajstić information content (AvgIpc) is 2.80. The quantitative estimate of drug-likeness (QED) is 0.537. The van der Waals surface area contributed by atoms with Gasteiger partial charge in [-0.2, -0.15) is 0 Å². The Labute approximate surface area is 191 Å². The van der Waals surface area contributed by atoms with Crippen LogP contribution in [-0.4, -0.2) is 23.1 Å². The van der Waals surface area contributed by atoms with Gasteiger partial charge in [-0.25, -0.2) is 9.69 Å². The van der Waals surface area contributed by atoms with Crippen molar-refractivity contribution in [3.05, 3.63) is 65.2 Å². The number of carbonyl (C=O) groups is 2. The second kappa shape index (κ2) is 10.2. The van der Waals surface area contributed by atoms with E-state index in [4.69, 9.17) is 10.5 Å². The lowest BCUT2D eigenvalue weighted by atomic mass is 9.72. The number of urea groups is 1. The van der Waals surface area contributed by atoms with E-state index in [1.165, 1.54) is 4.90 Å². The van der Waals surface area contributed by atoms with Crippen molar-refractivity contribution in [1.82, 2.24) is 10.2 Å². The minimum absolute atomic E-state index is 0.170. The van der Waals surface area contributed by atoms with Gasteiger partial charge in [-0.3, -0.25) is 4.79 Å². The van der Waals surface area contributed by atoms with Crippen molar-refractivity contribution in [2.24, 2.45) is 11.1 Å². The summed E-state index contributed by atoms with van der Waals surface area (Å²) in [6.45, 7) is 8.37. The second-order valence-corrected chi connectivity index (χ2v) is 8.52. The fourth-order valence-corrected chi connectivity index (χ4v) is 4.43. The van der Waals surface area contributed by atoms with E-state index in [9.17, 15) is 9.59 Å². The Balaban J connectivity index is 1.86. The summed E-state index contributed by atoms with van der Waals surface area (Å²) in [5.74, 6) is 0.426. The number of para-hydroxylation sites is 1. The van der Waals surface area contributed by atoms with Crippen molar-refractivity contribution in [1.29, 1.82) is 0 Å². The highest BCUT2D eigenvalue weighted by Gasteiger charge is 2.63. The van der Waals surface area contributed by atoms with E-state index in [0.717, 1.165) is 29.5 Å². The molecule has 0 spiro atoms. The van der Waals surface area contributed by atoms with Gasteiger partial charge in [0.05, 0.1) is 6.04 Å². The summed E-state index contributed by atoms with van der Waals surface area (Å²) in [5, 5.41) is 3.08. The van der Waals surface area contributed by atoms with Crippen molar-refractivity contribution in [2.75, 3.05) is 0 Å². The van der Waals surface area contributed by atoms with Crippen LogP contribution in [0.5, 0.6) is 5.75 Å². The van der Waals surface area contributed by atoms with Gasteiger partial charge in [0, 0.05) is 12.1 Å². The number of ether oxygens (including phenoxy) is 1. The number of amides is 3. The fraction of sp³-hybridized carbons (Fsp3) is 0.462. The standard InChI is InChI=1S/C26H35N3O3/c1-5-10-21(19-15-13-18(4)14-16-19)28-25(31)29-23(30)26(6-2,7-3)24(29)32-22-12-9-8-11-20(22)17-27/h8-9,11-16,21,24H,5-7,10,17,27H2,1-4H3,(H,28,31)/t21-,24?/m1/s1. The molecule has 3 rings (SSSR count). The maximum absolute atomic E-state index is 13.3. The van der Waals surface area contributed by atoms with Crippen molar-refractivity contribution in [3.8, 4) is 5.75 Å². The molecule has 1 heterocycles. The average molecular weight is 438 g/mol. The van der Waals surface area contributed by atoms with Gasteiger partial charge >= 0.3 is 6.03 Å². The van der Waals surface area contributed by atoms with Gasteiger partial charge in [0.15, 0.2) is 6.23 Å². The SMILES string of the molecule is CCC[C@@H](NC(=O)N1C(=O)C(CC)(CC)C1Oc1ccccc1CN)c1ccc(C)cc1. The van der Waals surface area contributed by atoms with E-state index in [-0.39, 0.29) is 11.9 Å². The van der Waals surface area contributed by atoms with Crippen LogP contribution in [0.25, 0.3) is 0 Å². The van der Waals surface area contributed by atoms with Crippen LogP contribution in [0.1, 0.15) is 69.2 Å². The number of likely N-dealkylation sites (tertiary alicyclic amines) is 1. The zero-order valence-electron chi connectivity index (χ0n) is 19.6. The first-order valence-electron chi connectivity index (χ1n) is 11.6. The Bertz CT molecular complexity index is 938. The highest BCUT2D eigenvalue weighted by molar-refractivity contribution is 6.03. The van der Waals surface area contributed by atoms with Gasteiger partial charge in [0.25, 0.3) is 0 Å². The maximum atomic E-state index is 13.3. The molecule has 172 valence electrons. The summed E-state index contributed by atoms with van der Waals surface area (Å²) >= 11 is 0. The molecule has 0 radical (unpaired) electrons. The molecule has 1 saturated heterocycles. The lowest BCUT2D eigenvalue weighted by Crippen LogP contribution is -2.73. The lowest BCUT2D eigenvalue weighted by Gasteiger charge is -2.53. The Morgan fingerprint density at radius 1 is 1.12 bits per heavy atom. The van der Waals surface area contributed by atoms with E-state index in [1.54, 1.807) is 0 Å². The summed E-state index contributed by atoms with van der Waals surface area (Å²) in [4.78, 5) is 27.8. The Morgan fingerprint density at radius 2 is 1.78 bits per heavy atom. The van der Waals surface area contributed by atoms with Crippen molar-refractivity contribution in [3.63, 3.8) is 0 Å². The zero-order valence-corrected chi connectivity index (χ0v) is 19.6. The number of carbonyl (C=O) groups excluding carboxylic acids is 2. The molecule has 0 bridgehead atoms. The molecule has 6 heteroatoms. The highest BCUT2D eigenvalue weighted by atomic mass is 16.5. The van der Waals surface area contributed by atoms with Crippen molar-refractivity contribution >= 4 is 11.9 Å². The molecule has 0 aromatic heterocycles. The van der Waals surface area contributed by atoms with Gasteiger partial charge < -0.3 is 15.8 Å². The zero-order chi connectivity index (χ0) is 23.3. The van der Waals surface area contributed by atoms with E-state index in [0.29, 0.717) is 25.1 Å². The van der Waals surface area contributed by atoms with E-state index in [2.05, 4.69) is 12.2 Å². The monoisotopic (exact) mass is 437 g/mol. The number of nitrogens with one attached hydrogen (secondary N) is 1. The molecule has 2 aromatic carbocycles. The number of imide groups is 1. The van der Waals surface area contributed by atoms with Crippen LogP contribution in [0.4, 0.5) is 4.79 Å². The summed E-state index contributed by atoms with van der Waals surface area (Å²) in [6, 6.07) is 15.0. The number of hydrogen-bond donors (Lipinski definition) is 2. The van der Waals surface area contributed by atoms with Gasteiger partial charge in [0.2, 0.25) is 5.91 Å². The van der Waals surface area contributed by atoms with Crippen LogP contribution in [0, 0.1) is 12.3 Å². The minimum Gasteiger partial charge on any atom is -0.468 e. The Kier molecular flexibility index (Phi) is 7.56. The molecule has 2 atom stereocenters. The molecular formula is C26H35N3O3. The molecule has 0 saturated carbocycles. The van der Waals surface area contributed by atoms with E-state index < -0.39 is 17.7 Å². The third-order valence-electron chi connectivity index (χ3n) is 6.62. The van der Waals surface area contributed by atoms with Crippen molar-refractivity contribution in [2.45, 2.75) is 72.2 Å². The molecule has 3 amide bonds. The van der Waals surface area contributed by atoms with Crippen LogP contribution < -0.4 is 15.8 Å². The van der Waals surface area contributed by atoms with Gasteiger partial charge in [-0.05, 0) is 37.8 Å². The maximum Gasteiger partial charge on any atom is 0.327 e. The predicted molar refractivity (Wildman–Crippen MR) is 126 cm³/mol. The molecule has 6 nitrogen and oxygen atoms in total. The molecule has 0 aliphatic carbocycles. The van der Waals surface area contributed by atoms with E-state index in [1.807, 2.05) is 69.3 Å². The molecule has 1 aliphatic heterocycles. The van der Waals surface area contributed by atoms with Crippen LogP contribution in [0.3, 0.4) is 0 Å². The number of nitrogens with zero attached hydrogens (tertiary/aromatic N) is 1. The predicted octanol–water partition coefficient (Wildman–Crippen LogP) is 5.06. The molecule has 1 unspecified atom stereocenters. The number of benzene rings is 2. The molecule has 2 aromatic rings. The van der Waals surface area contributed by atoms with Gasteiger partial charge in [0.1, 0.15) is 11.2 Å².